The molecular formula is C14H18BrClN2O2. The number of benzene rings is 1. The van der Waals surface area contributed by atoms with Crippen molar-refractivity contribution in [3.63, 3.8) is 0 Å². The molecule has 1 aromatic carbocycles. The maximum Gasteiger partial charge on any atom is 0.287 e. The lowest BCUT2D eigenvalue weighted by molar-refractivity contribution is 0.0928. The zero-order chi connectivity index (χ0) is 13.7. The van der Waals surface area contributed by atoms with Crippen LogP contribution in [0.3, 0.4) is 0 Å². The van der Waals surface area contributed by atoms with Gasteiger partial charge in [-0.2, -0.15) is 0 Å². The maximum absolute atomic E-state index is 11.9. The van der Waals surface area contributed by atoms with E-state index in [1.54, 1.807) is 6.07 Å². The van der Waals surface area contributed by atoms with Gasteiger partial charge in [-0.25, -0.2) is 0 Å². The summed E-state index contributed by atoms with van der Waals surface area (Å²) in [7, 11) is 0. The Kier molecular flexibility index (Phi) is 7.05. The number of nitrogens with one attached hydrogen (secondary N) is 2. The third-order valence-corrected chi connectivity index (χ3v) is 3.21. The van der Waals surface area contributed by atoms with Crippen LogP contribution in [0.5, 0.6) is 0 Å². The predicted octanol–water partition coefficient (Wildman–Crippen LogP) is 3.35. The Labute approximate surface area is 132 Å². The Morgan fingerprint density at radius 2 is 2.05 bits per heavy atom. The number of hydrogen-bond donors (Lipinski definition) is 2. The first kappa shape index (κ1) is 17.0. The zero-order valence-corrected chi connectivity index (χ0v) is 13.6. The molecule has 2 rings (SSSR count). The molecular weight excluding hydrogens is 344 g/mol. The van der Waals surface area contributed by atoms with Gasteiger partial charge in [0.15, 0.2) is 5.76 Å². The highest BCUT2D eigenvalue weighted by Crippen LogP contribution is 2.23. The van der Waals surface area contributed by atoms with Gasteiger partial charge in [-0.1, -0.05) is 22.9 Å². The first-order valence-electron chi connectivity index (χ1n) is 6.38. The summed E-state index contributed by atoms with van der Waals surface area (Å²) in [5.74, 6) is 0.175. The molecule has 0 unspecified atom stereocenters. The second-order valence-electron chi connectivity index (χ2n) is 4.30. The van der Waals surface area contributed by atoms with Crippen molar-refractivity contribution in [3.05, 3.63) is 34.5 Å². The minimum Gasteiger partial charge on any atom is -0.451 e. The number of carbonyl (C=O) groups excluding carboxylic acids is 1. The number of amides is 1. The summed E-state index contributed by atoms with van der Waals surface area (Å²) in [6.07, 6.45) is 1.09. The Balaban J connectivity index is 0.00000200. The number of halogens is 2. The fraction of sp³-hybridized carbons (Fsp3) is 0.357. The van der Waals surface area contributed by atoms with Crippen LogP contribution in [-0.2, 0) is 0 Å². The highest BCUT2D eigenvalue weighted by atomic mass is 79.9. The van der Waals surface area contributed by atoms with Crippen LogP contribution in [0.2, 0.25) is 0 Å². The second-order valence-corrected chi connectivity index (χ2v) is 5.21. The minimum absolute atomic E-state index is 0. The topological polar surface area (TPSA) is 54.3 Å². The largest absolute Gasteiger partial charge is 0.451 e. The van der Waals surface area contributed by atoms with E-state index in [2.05, 4.69) is 33.5 Å². The van der Waals surface area contributed by atoms with Crippen LogP contribution in [0, 0.1) is 0 Å². The van der Waals surface area contributed by atoms with Crippen molar-refractivity contribution in [3.8, 4) is 0 Å². The van der Waals surface area contributed by atoms with Crippen LogP contribution in [0.15, 0.2) is 33.2 Å². The summed E-state index contributed by atoms with van der Waals surface area (Å²) in [6.45, 7) is 4.44. The molecule has 0 aliphatic rings. The molecule has 4 nitrogen and oxygen atoms in total. The van der Waals surface area contributed by atoms with Crippen molar-refractivity contribution >= 4 is 45.2 Å². The molecule has 0 fully saturated rings. The predicted molar refractivity (Wildman–Crippen MR) is 86.7 cm³/mol. The number of hydrogen-bond acceptors (Lipinski definition) is 3. The van der Waals surface area contributed by atoms with Crippen molar-refractivity contribution in [2.75, 3.05) is 19.6 Å². The van der Waals surface area contributed by atoms with Gasteiger partial charge < -0.3 is 15.1 Å². The summed E-state index contributed by atoms with van der Waals surface area (Å²) in [5, 5.41) is 6.97. The average molecular weight is 362 g/mol. The Bertz CT molecular complexity index is 571. The van der Waals surface area contributed by atoms with Crippen LogP contribution < -0.4 is 10.6 Å². The van der Waals surface area contributed by atoms with E-state index >= 15 is 0 Å². The molecule has 0 saturated heterocycles. The van der Waals surface area contributed by atoms with Gasteiger partial charge in [-0.15, -0.1) is 12.4 Å². The Morgan fingerprint density at radius 3 is 2.80 bits per heavy atom. The molecule has 1 aromatic heterocycles. The van der Waals surface area contributed by atoms with Crippen LogP contribution >= 0.6 is 28.3 Å². The molecule has 6 heteroatoms. The van der Waals surface area contributed by atoms with Crippen molar-refractivity contribution in [2.24, 2.45) is 0 Å². The lowest BCUT2D eigenvalue weighted by Gasteiger charge is -2.03. The molecule has 0 atom stereocenters. The van der Waals surface area contributed by atoms with E-state index in [1.807, 2.05) is 18.2 Å². The molecule has 2 aromatic rings. The van der Waals surface area contributed by atoms with Gasteiger partial charge in [0.05, 0.1) is 0 Å². The van der Waals surface area contributed by atoms with Gasteiger partial charge >= 0.3 is 0 Å². The lowest BCUT2D eigenvalue weighted by atomic mass is 10.2. The summed E-state index contributed by atoms with van der Waals surface area (Å²) in [4.78, 5) is 11.9. The Morgan fingerprint density at radius 1 is 1.25 bits per heavy atom. The summed E-state index contributed by atoms with van der Waals surface area (Å²) >= 11 is 3.39. The average Bonchev–Trinajstić information content (AvgIpc) is 2.81. The molecule has 1 heterocycles. The maximum atomic E-state index is 11.9. The van der Waals surface area contributed by atoms with Gasteiger partial charge in [0.1, 0.15) is 5.58 Å². The SMILES string of the molecule is CCCNCCNC(=O)c1cc2cc(Br)ccc2o1.Cl. The molecule has 20 heavy (non-hydrogen) atoms. The third-order valence-electron chi connectivity index (χ3n) is 2.72. The number of furan rings is 1. The van der Waals surface area contributed by atoms with Gasteiger partial charge in [0, 0.05) is 22.9 Å². The number of fused-ring (bicyclic) bond motifs is 1. The van der Waals surface area contributed by atoms with E-state index in [0.29, 0.717) is 12.3 Å². The highest BCUT2D eigenvalue weighted by Gasteiger charge is 2.11. The monoisotopic (exact) mass is 360 g/mol. The summed E-state index contributed by atoms with van der Waals surface area (Å²) < 4.78 is 6.48. The normalized spacial score (nSPS) is 10.3. The number of carbonyl (C=O) groups is 1. The summed E-state index contributed by atoms with van der Waals surface area (Å²) in [6, 6.07) is 7.43. The molecule has 110 valence electrons. The minimum atomic E-state index is -0.175. The van der Waals surface area contributed by atoms with Gasteiger partial charge in [-0.3, -0.25) is 4.79 Å². The van der Waals surface area contributed by atoms with Crippen molar-refractivity contribution in [1.82, 2.24) is 10.6 Å². The van der Waals surface area contributed by atoms with Crippen molar-refractivity contribution in [1.29, 1.82) is 0 Å². The lowest BCUT2D eigenvalue weighted by Crippen LogP contribution is -2.31. The zero-order valence-electron chi connectivity index (χ0n) is 11.2. The Hall–Kier alpha value is -1.04. The van der Waals surface area contributed by atoms with E-state index in [-0.39, 0.29) is 18.3 Å². The van der Waals surface area contributed by atoms with E-state index in [1.165, 1.54) is 0 Å². The van der Waals surface area contributed by atoms with Crippen molar-refractivity contribution < 1.29 is 9.21 Å². The second kappa shape index (κ2) is 8.29. The molecule has 0 saturated carbocycles. The third kappa shape index (κ3) is 4.51. The molecule has 0 spiro atoms. The van der Waals surface area contributed by atoms with E-state index in [9.17, 15) is 4.79 Å². The molecule has 0 aliphatic carbocycles. The van der Waals surface area contributed by atoms with Gasteiger partial charge in [-0.05, 0) is 37.2 Å². The van der Waals surface area contributed by atoms with Crippen LogP contribution in [0.1, 0.15) is 23.9 Å². The van der Waals surface area contributed by atoms with E-state index in [0.717, 1.165) is 35.0 Å². The van der Waals surface area contributed by atoms with Crippen molar-refractivity contribution in [2.45, 2.75) is 13.3 Å². The highest BCUT2D eigenvalue weighted by molar-refractivity contribution is 9.10. The van der Waals surface area contributed by atoms with Crippen LogP contribution in [-0.4, -0.2) is 25.5 Å². The summed E-state index contributed by atoms with van der Waals surface area (Å²) in [5.41, 5.74) is 0.720. The fourth-order valence-corrected chi connectivity index (χ4v) is 2.16. The number of rotatable bonds is 6. The molecule has 0 aliphatic heterocycles. The van der Waals surface area contributed by atoms with E-state index < -0.39 is 0 Å². The molecule has 2 N–H and O–H groups in total. The fourth-order valence-electron chi connectivity index (χ4n) is 1.78. The molecule has 0 bridgehead atoms. The van der Waals surface area contributed by atoms with Crippen LogP contribution in [0.4, 0.5) is 0 Å². The van der Waals surface area contributed by atoms with E-state index in [4.69, 9.17) is 4.42 Å². The standard InChI is InChI=1S/C14H17BrN2O2.ClH/c1-2-5-16-6-7-17-14(18)13-9-10-8-11(15)3-4-12(10)19-13;/h3-4,8-9,16H,2,5-7H2,1H3,(H,17,18);1H. The van der Waals surface area contributed by atoms with Crippen LogP contribution in [0.25, 0.3) is 11.0 Å². The van der Waals surface area contributed by atoms with Gasteiger partial charge in [0.2, 0.25) is 0 Å². The molecule has 1 amide bonds. The quantitative estimate of drug-likeness (QED) is 0.776. The smallest absolute Gasteiger partial charge is 0.287 e. The van der Waals surface area contributed by atoms with Gasteiger partial charge in [0.25, 0.3) is 5.91 Å². The molecule has 0 radical (unpaired) electrons. The first-order valence-corrected chi connectivity index (χ1v) is 7.18. The first-order chi connectivity index (χ1) is 9.20.